The lowest BCUT2D eigenvalue weighted by atomic mass is 10.0. The summed E-state index contributed by atoms with van der Waals surface area (Å²) in [5.74, 6) is -3.28. The largest absolute Gasteiger partial charge is 0.508 e. The van der Waals surface area contributed by atoms with Crippen molar-refractivity contribution in [3.63, 3.8) is 0 Å². The Morgan fingerprint density at radius 1 is 0.860 bits per heavy atom. The number of nitrogens with one attached hydrogen (secondary N) is 4. The highest BCUT2D eigenvalue weighted by atomic mass is 16.4. The number of carboxylic acid groups (broad SMARTS) is 1. The van der Waals surface area contributed by atoms with Crippen LogP contribution in [0.2, 0.25) is 0 Å². The zero-order chi connectivity index (χ0) is 31.5. The van der Waals surface area contributed by atoms with Gasteiger partial charge in [-0.1, -0.05) is 44.2 Å². The first-order valence-corrected chi connectivity index (χ1v) is 14.4. The number of carbonyl (C=O) groups is 4. The lowest BCUT2D eigenvalue weighted by Crippen LogP contribution is -2.58. The quantitative estimate of drug-likeness (QED) is 0.113. The summed E-state index contributed by atoms with van der Waals surface area (Å²) in [5, 5.41) is 28.0. The lowest BCUT2D eigenvalue weighted by molar-refractivity contribution is -0.143. The van der Waals surface area contributed by atoms with Crippen molar-refractivity contribution in [3.05, 3.63) is 65.9 Å². The van der Waals surface area contributed by atoms with Gasteiger partial charge in [0.1, 0.15) is 23.9 Å². The summed E-state index contributed by atoms with van der Waals surface area (Å²) in [6.07, 6.45) is 3.39. The fourth-order valence-corrected chi connectivity index (χ4v) is 4.79. The number of carbonyl (C=O) groups excluding carboxylic acids is 3. The minimum atomic E-state index is -1.18. The molecule has 0 spiro atoms. The van der Waals surface area contributed by atoms with E-state index < -0.39 is 47.9 Å². The maximum Gasteiger partial charge on any atom is 0.326 e. The van der Waals surface area contributed by atoms with Crippen LogP contribution in [-0.4, -0.2) is 69.6 Å². The monoisotopic (exact) mass is 594 g/mol. The van der Waals surface area contributed by atoms with Crippen LogP contribution in [0.5, 0.6) is 5.75 Å². The molecule has 43 heavy (non-hydrogen) atoms. The van der Waals surface area contributed by atoms with E-state index in [9.17, 15) is 29.4 Å². The summed E-state index contributed by atoms with van der Waals surface area (Å²) < 4.78 is 0. The van der Waals surface area contributed by atoms with Crippen molar-refractivity contribution in [3.8, 4) is 5.75 Å². The number of benzene rings is 2. The van der Waals surface area contributed by atoms with Gasteiger partial charge in [0, 0.05) is 23.5 Å². The number of hydrogen-bond donors (Lipinski definition) is 8. The number of hydrogen-bond acceptors (Lipinski definition) is 7. The molecule has 0 radical (unpaired) electrons. The highest BCUT2D eigenvalue weighted by Crippen LogP contribution is 2.20. The molecule has 0 aliphatic carbocycles. The van der Waals surface area contributed by atoms with Crippen LogP contribution in [0.25, 0.3) is 10.9 Å². The zero-order valence-electron chi connectivity index (χ0n) is 24.5. The minimum Gasteiger partial charge on any atom is -0.508 e. The molecule has 12 heteroatoms. The van der Waals surface area contributed by atoms with E-state index in [0.717, 1.165) is 22.0 Å². The predicted molar refractivity (Wildman–Crippen MR) is 163 cm³/mol. The Bertz CT molecular complexity index is 1390. The van der Waals surface area contributed by atoms with Gasteiger partial charge in [0.15, 0.2) is 0 Å². The van der Waals surface area contributed by atoms with Crippen molar-refractivity contribution in [1.29, 1.82) is 0 Å². The molecule has 4 atom stereocenters. The van der Waals surface area contributed by atoms with E-state index in [-0.39, 0.29) is 30.9 Å². The maximum absolute atomic E-state index is 13.7. The average Bonchev–Trinajstić information content (AvgIpc) is 3.38. The molecule has 0 saturated carbocycles. The molecule has 10 N–H and O–H groups in total. The second kappa shape index (κ2) is 15.7. The van der Waals surface area contributed by atoms with Crippen LogP contribution in [0.3, 0.4) is 0 Å². The Morgan fingerprint density at radius 3 is 2.16 bits per heavy atom. The van der Waals surface area contributed by atoms with Gasteiger partial charge >= 0.3 is 5.97 Å². The number of para-hydroxylation sites is 1. The number of aromatic amines is 1. The van der Waals surface area contributed by atoms with Crippen LogP contribution in [0.1, 0.15) is 44.2 Å². The van der Waals surface area contributed by atoms with Crippen molar-refractivity contribution in [2.75, 3.05) is 6.54 Å². The first-order chi connectivity index (χ1) is 20.5. The van der Waals surface area contributed by atoms with Crippen molar-refractivity contribution in [2.45, 2.75) is 70.1 Å². The Hall–Kier alpha value is -4.42. The standard InChI is InChI=1S/C31H42N6O6/c1-18(2)27(31(42)43)37-29(40)25(9-5-6-14-32)35-30(41)26(16-20-17-34-24-8-4-3-7-22(20)24)36-28(39)23(33)15-19-10-12-21(38)13-11-19/h3-4,7-8,10-13,17-18,23,25-27,34,38H,5-6,9,14-16,32-33H2,1-2H3,(H,35,41)(H,36,39)(H,37,40)(H,42,43)/t23-,25-,26+,27-/m0/s1. The van der Waals surface area contributed by atoms with Crippen molar-refractivity contribution in [2.24, 2.45) is 17.4 Å². The number of unbranched alkanes of at least 4 members (excludes halogenated alkanes) is 1. The Morgan fingerprint density at radius 2 is 1.51 bits per heavy atom. The number of nitrogens with two attached hydrogens (primary N) is 2. The molecule has 0 saturated heterocycles. The van der Waals surface area contributed by atoms with Gasteiger partial charge in [-0.3, -0.25) is 14.4 Å². The van der Waals surface area contributed by atoms with Gasteiger partial charge in [-0.05, 0) is 67.5 Å². The smallest absolute Gasteiger partial charge is 0.326 e. The van der Waals surface area contributed by atoms with Gasteiger partial charge < -0.3 is 42.6 Å². The molecule has 3 rings (SSSR count). The van der Waals surface area contributed by atoms with Crippen LogP contribution in [0.15, 0.2) is 54.7 Å². The number of fused-ring (bicyclic) bond motifs is 1. The van der Waals surface area contributed by atoms with E-state index in [4.69, 9.17) is 11.5 Å². The zero-order valence-corrected chi connectivity index (χ0v) is 24.5. The molecule has 0 aliphatic rings. The van der Waals surface area contributed by atoms with Crippen LogP contribution < -0.4 is 27.4 Å². The summed E-state index contributed by atoms with van der Waals surface area (Å²) in [5.41, 5.74) is 14.2. The molecule has 3 aromatic rings. The normalized spacial score (nSPS) is 14.1. The van der Waals surface area contributed by atoms with E-state index in [0.29, 0.717) is 19.4 Å². The maximum atomic E-state index is 13.7. The number of amides is 3. The van der Waals surface area contributed by atoms with Crippen LogP contribution in [0.4, 0.5) is 0 Å². The first kappa shape index (κ1) is 33.1. The second-order valence-electron chi connectivity index (χ2n) is 11.0. The van der Waals surface area contributed by atoms with Gasteiger partial charge in [-0.2, -0.15) is 0 Å². The third-order valence-electron chi connectivity index (χ3n) is 7.27. The number of phenolic OH excluding ortho intramolecular Hbond substituents is 1. The van der Waals surface area contributed by atoms with E-state index in [1.165, 1.54) is 12.1 Å². The topological polar surface area (TPSA) is 213 Å². The Labute approximate surface area is 250 Å². The third-order valence-corrected chi connectivity index (χ3v) is 7.27. The molecule has 232 valence electrons. The highest BCUT2D eigenvalue weighted by molar-refractivity contribution is 5.95. The fraction of sp³-hybridized carbons (Fsp3) is 0.419. The van der Waals surface area contributed by atoms with Gasteiger partial charge in [-0.25, -0.2) is 4.79 Å². The third kappa shape index (κ3) is 9.55. The first-order valence-electron chi connectivity index (χ1n) is 14.4. The Balaban J connectivity index is 1.83. The molecule has 12 nitrogen and oxygen atoms in total. The summed E-state index contributed by atoms with van der Waals surface area (Å²) >= 11 is 0. The molecule has 0 aliphatic heterocycles. The molecule has 0 bridgehead atoms. The van der Waals surface area contributed by atoms with Gasteiger partial charge in [0.2, 0.25) is 17.7 Å². The molecule has 2 aromatic carbocycles. The van der Waals surface area contributed by atoms with E-state index in [1.54, 1.807) is 32.2 Å². The minimum absolute atomic E-state index is 0.0883. The van der Waals surface area contributed by atoms with E-state index in [1.807, 2.05) is 24.3 Å². The van der Waals surface area contributed by atoms with Crippen LogP contribution >= 0.6 is 0 Å². The number of carboxylic acids is 1. The van der Waals surface area contributed by atoms with E-state index >= 15 is 0 Å². The number of phenols is 1. The van der Waals surface area contributed by atoms with Gasteiger partial charge in [0.05, 0.1) is 6.04 Å². The number of rotatable bonds is 16. The number of aromatic nitrogens is 1. The molecule has 1 heterocycles. The molecule has 0 unspecified atom stereocenters. The van der Waals surface area contributed by atoms with Crippen LogP contribution in [-0.2, 0) is 32.0 Å². The number of H-pyrrole nitrogens is 1. The van der Waals surface area contributed by atoms with Crippen molar-refractivity contribution >= 4 is 34.6 Å². The summed E-state index contributed by atoms with van der Waals surface area (Å²) in [6, 6.07) is 9.57. The lowest BCUT2D eigenvalue weighted by Gasteiger charge is -2.26. The fourth-order valence-electron chi connectivity index (χ4n) is 4.79. The predicted octanol–water partition coefficient (Wildman–Crippen LogP) is 1.31. The average molecular weight is 595 g/mol. The second-order valence-corrected chi connectivity index (χ2v) is 11.0. The van der Waals surface area contributed by atoms with Crippen molar-refractivity contribution < 1.29 is 29.4 Å². The molecule has 0 fully saturated rings. The SMILES string of the molecule is CC(C)[C@H](NC(=O)[C@H](CCCCN)NC(=O)[C@@H](Cc1c[nH]c2ccccc12)NC(=O)[C@@H](N)Cc1ccc(O)cc1)C(=O)O. The Kier molecular flexibility index (Phi) is 12.1. The summed E-state index contributed by atoms with van der Waals surface area (Å²) in [4.78, 5) is 55.0. The molecular formula is C31H42N6O6. The molecular weight excluding hydrogens is 552 g/mol. The van der Waals surface area contributed by atoms with Crippen LogP contribution in [0, 0.1) is 5.92 Å². The summed E-state index contributed by atoms with van der Waals surface area (Å²) in [6.45, 7) is 3.74. The highest BCUT2D eigenvalue weighted by Gasteiger charge is 2.31. The summed E-state index contributed by atoms with van der Waals surface area (Å²) in [7, 11) is 0. The molecule has 1 aromatic heterocycles. The number of aromatic hydroxyl groups is 1. The number of aliphatic carboxylic acids is 1. The molecule has 3 amide bonds. The van der Waals surface area contributed by atoms with E-state index in [2.05, 4.69) is 20.9 Å². The van der Waals surface area contributed by atoms with Crippen molar-refractivity contribution in [1.82, 2.24) is 20.9 Å². The van der Waals surface area contributed by atoms with Gasteiger partial charge in [-0.15, -0.1) is 0 Å². The van der Waals surface area contributed by atoms with Gasteiger partial charge in [0.25, 0.3) is 0 Å².